The lowest BCUT2D eigenvalue weighted by atomic mass is 10.0. The third-order valence-corrected chi connectivity index (χ3v) is 9.19. The molecule has 0 bridgehead atoms. The van der Waals surface area contributed by atoms with Crippen LogP contribution < -0.4 is 10.0 Å². The molecule has 2 N–H and O–H groups in total. The van der Waals surface area contributed by atoms with Crippen LogP contribution in [0.3, 0.4) is 0 Å². The number of carbonyl (C=O) groups is 1. The topological polar surface area (TPSA) is 84.5 Å². The highest BCUT2D eigenvalue weighted by Gasteiger charge is 2.21. The first-order chi connectivity index (χ1) is 17.1. The number of hydrogen-bond donors (Lipinski definition) is 2. The average Bonchev–Trinajstić information content (AvgIpc) is 2.79. The zero-order valence-corrected chi connectivity index (χ0v) is 27.3. The lowest BCUT2D eigenvalue weighted by Crippen LogP contribution is -2.47. The van der Waals surface area contributed by atoms with Gasteiger partial charge in [0, 0.05) is 16.7 Å². The van der Waals surface area contributed by atoms with Gasteiger partial charge in [0.25, 0.3) is 0 Å². The number of alkyl carbamates (subject to hydrolysis) is 1. The first-order valence-corrected chi connectivity index (χ1v) is 18.5. The molecule has 9 heteroatoms. The molecule has 36 heavy (non-hydrogen) atoms. The van der Waals surface area contributed by atoms with Gasteiger partial charge in [0.2, 0.25) is 10.0 Å². The lowest BCUT2D eigenvalue weighted by Gasteiger charge is -2.24. The maximum atomic E-state index is 12.2. The second-order valence-electron chi connectivity index (χ2n) is 10.7. The number of rotatable bonds is 24. The van der Waals surface area contributed by atoms with Gasteiger partial charge in [-0.1, -0.05) is 113 Å². The van der Waals surface area contributed by atoms with Crippen LogP contribution in [0.1, 0.15) is 124 Å². The van der Waals surface area contributed by atoms with Gasteiger partial charge in [-0.2, -0.15) is 11.8 Å². The maximum absolute atomic E-state index is 12.2. The molecule has 0 radical (unpaired) electrons. The van der Waals surface area contributed by atoms with E-state index < -0.39 is 21.7 Å². The van der Waals surface area contributed by atoms with Gasteiger partial charge in [0.15, 0.2) is 0 Å². The fraction of sp³-hybridized carbons (Fsp3) is 0.963. The number of amides is 1. The number of sulfonamides is 1. The van der Waals surface area contributed by atoms with Gasteiger partial charge in [-0.15, -0.1) is 0 Å². The molecule has 0 aromatic rings. The number of unbranched alkanes of at least 4 members (excludes halogenated alkanes) is 13. The summed E-state index contributed by atoms with van der Waals surface area (Å²) in [4.78, 5) is 12.2. The number of alkyl halides is 1. The van der Waals surface area contributed by atoms with Crippen LogP contribution in [0.2, 0.25) is 0 Å². The van der Waals surface area contributed by atoms with E-state index in [-0.39, 0.29) is 18.3 Å². The van der Waals surface area contributed by atoms with E-state index in [0.29, 0.717) is 12.2 Å². The fourth-order valence-corrected chi connectivity index (χ4v) is 6.88. The molecule has 0 saturated heterocycles. The largest absolute Gasteiger partial charge is 0.444 e. The summed E-state index contributed by atoms with van der Waals surface area (Å²) < 4.78 is 33.1. The van der Waals surface area contributed by atoms with Crippen molar-refractivity contribution in [1.82, 2.24) is 10.0 Å². The van der Waals surface area contributed by atoms with E-state index in [1.54, 1.807) is 11.8 Å². The lowest BCUT2D eigenvalue weighted by molar-refractivity contribution is 0.0510. The van der Waals surface area contributed by atoms with Crippen molar-refractivity contribution in [2.45, 2.75) is 136 Å². The summed E-state index contributed by atoms with van der Waals surface area (Å²) in [6.07, 6.45) is 19.0. The van der Waals surface area contributed by atoms with E-state index in [0.717, 1.165) is 16.6 Å². The first kappa shape index (κ1) is 36.3. The van der Waals surface area contributed by atoms with Crippen LogP contribution in [-0.2, 0) is 14.8 Å². The number of ether oxygens (including phenoxy) is 1. The van der Waals surface area contributed by atoms with E-state index in [1.807, 2.05) is 20.8 Å². The second-order valence-corrected chi connectivity index (χ2v) is 14.9. The summed E-state index contributed by atoms with van der Waals surface area (Å²) in [7, 11) is -3.33. The van der Waals surface area contributed by atoms with E-state index in [1.165, 1.54) is 83.5 Å². The molecule has 0 spiro atoms. The van der Waals surface area contributed by atoms with Gasteiger partial charge in [-0.3, -0.25) is 0 Å². The highest BCUT2D eigenvalue weighted by atomic mass is 127. The Kier molecular flexibility index (Phi) is 23.3. The monoisotopic (exact) mass is 662 g/mol. The van der Waals surface area contributed by atoms with Gasteiger partial charge in [0.05, 0.1) is 11.8 Å². The summed E-state index contributed by atoms with van der Waals surface area (Å²) in [5.74, 6) is 1.79. The molecule has 1 unspecified atom stereocenters. The van der Waals surface area contributed by atoms with Crippen LogP contribution >= 0.6 is 34.4 Å². The van der Waals surface area contributed by atoms with Gasteiger partial charge in [-0.25, -0.2) is 17.9 Å². The van der Waals surface area contributed by atoms with E-state index in [9.17, 15) is 13.2 Å². The Morgan fingerprint density at radius 1 is 0.861 bits per heavy atom. The molecule has 0 rings (SSSR count). The molecule has 0 aliphatic rings. The van der Waals surface area contributed by atoms with Crippen molar-refractivity contribution in [3.8, 4) is 0 Å². The molecule has 216 valence electrons. The van der Waals surface area contributed by atoms with Crippen molar-refractivity contribution in [2.75, 3.05) is 28.2 Å². The zero-order valence-electron chi connectivity index (χ0n) is 23.5. The highest BCUT2D eigenvalue weighted by Crippen LogP contribution is 2.15. The summed E-state index contributed by atoms with van der Waals surface area (Å²) in [6, 6.07) is -0.300. The minimum absolute atomic E-state index is 0.112. The molecule has 0 heterocycles. The molecule has 1 amide bonds. The quantitative estimate of drug-likeness (QED) is 0.0625. The molecule has 0 aromatic carbocycles. The van der Waals surface area contributed by atoms with Crippen LogP contribution in [0.4, 0.5) is 4.79 Å². The van der Waals surface area contributed by atoms with E-state index >= 15 is 0 Å². The van der Waals surface area contributed by atoms with Crippen LogP contribution in [0.25, 0.3) is 0 Å². The number of thioether (sulfide) groups is 1. The van der Waals surface area contributed by atoms with Crippen molar-refractivity contribution in [3.05, 3.63) is 0 Å². The molecule has 6 nitrogen and oxygen atoms in total. The Hall–Kier alpha value is 0.260. The number of nitrogens with one attached hydrogen (secondary N) is 2. The molecular formula is C27H55IN2O4S2. The molecular weight excluding hydrogens is 607 g/mol. The Labute approximate surface area is 241 Å². The minimum atomic E-state index is -3.33. The number of halogens is 1. The van der Waals surface area contributed by atoms with Gasteiger partial charge >= 0.3 is 6.09 Å². The summed E-state index contributed by atoms with van der Waals surface area (Å²) >= 11 is 3.94. The van der Waals surface area contributed by atoms with Crippen LogP contribution in [0.15, 0.2) is 0 Å². The van der Waals surface area contributed by atoms with Crippen LogP contribution in [0, 0.1) is 0 Å². The average molecular weight is 663 g/mol. The molecule has 0 aliphatic heterocycles. The normalized spacial score (nSPS) is 13.0. The SMILES string of the molecule is CCCCCCCCCCCCCCCCSCC(CNS(=O)(=O)CCCI)NC(=O)OC(C)(C)C. The fourth-order valence-electron chi connectivity index (χ4n) is 3.79. The van der Waals surface area contributed by atoms with E-state index in [4.69, 9.17) is 4.74 Å². The van der Waals surface area contributed by atoms with Crippen molar-refractivity contribution >= 4 is 50.5 Å². The van der Waals surface area contributed by atoms with Gasteiger partial charge in [0.1, 0.15) is 5.60 Å². The second kappa shape index (κ2) is 23.2. The van der Waals surface area contributed by atoms with Crippen LogP contribution in [0.5, 0.6) is 0 Å². The summed E-state index contributed by atoms with van der Waals surface area (Å²) in [6.45, 7) is 7.91. The van der Waals surface area contributed by atoms with E-state index in [2.05, 4.69) is 39.6 Å². The molecule has 0 aliphatic carbocycles. The van der Waals surface area contributed by atoms with Crippen molar-refractivity contribution < 1.29 is 17.9 Å². The van der Waals surface area contributed by atoms with Crippen LogP contribution in [-0.4, -0.2) is 54.4 Å². The first-order valence-electron chi connectivity index (χ1n) is 14.2. The number of carbonyl (C=O) groups excluding carboxylic acids is 1. The van der Waals surface area contributed by atoms with Crippen molar-refractivity contribution in [1.29, 1.82) is 0 Å². The zero-order chi connectivity index (χ0) is 27.1. The van der Waals surface area contributed by atoms with Crippen molar-refractivity contribution in [3.63, 3.8) is 0 Å². The molecule has 0 saturated carbocycles. The highest BCUT2D eigenvalue weighted by molar-refractivity contribution is 14.1. The predicted molar refractivity (Wildman–Crippen MR) is 166 cm³/mol. The minimum Gasteiger partial charge on any atom is -0.444 e. The van der Waals surface area contributed by atoms with Crippen molar-refractivity contribution in [2.24, 2.45) is 0 Å². The Morgan fingerprint density at radius 3 is 1.83 bits per heavy atom. The summed E-state index contributed by atoms with van der Waals surface area (Å²) in [5, 5.41) is 2.84. The Morgan fingerprint density at radius 2 is 1.36 bits per heavy atom. The standard InChI is InChI=1S/C27H55IN2O4S2/c1-5-6-7-8-9-10-11-12-13-14-15-16-17-18-21-35-24-25(30-26(31)34-27(2,3)4)23-29-36(32,33)22-19-20-28/h25,29H,5-24H2,1-4H3,(H,30,31). The van der Waals surface area contributed by atoms with Gasteiger partial charge in [-0.05, 0) is 39.4 Å². The summed E-state index contributed by atoms with van der Waals surface area (Å²) in [5.41, 5.74) is -0.587. The molecule has 0 fully saturated rings. The third kappa shape index (κ3) is 25.9. The molecule has 0 aromatic heterocycles. The Bertz CT molecular complexity index is 628. The third-order valence-electron chi connectivity index (χ3n) is 5.78. The Balaban J connectivity index is 4.00. The smallest absolute Gasteiger partial charge is 0.407 e. The number of hydrogen-bond acceptors (Lipinski definition) is 5. The molecule has 1 atom stereocenters. The maximum Gasteiger partial charge on any atom is 0.407 e. The van der Waals surface area contributed by atoms with Gasteiger partial charge < -0.3 is 10.1 Å². The predicted octanol–water partition coefficient (Wildman–Crippen LogP) is 7.84.